The van der Waals surface area contributed by atoms with Gasteiger partial charge in [0.1, 0.15) is 12.4 Å². The fraction of sp³-hybridized carbons (Fsp3) is 0.105. The van der Waals surface area contributed by atoms with Crippen LogP contribution in [0.2, 0.25) is 0 Å². The summed E-state index contributed by atoms with van der Waals surface area (Å²) < 4.78 is 6.90. The van der Waals surface area contributed by atoms with E-state index in [1.807, 2.05) is 48.5 Å². The minimum absolute atomic E-state index is 0.132. The SMILES string of the molecule is Nc1nc(CC(=O)N/N=C/c2ccccc2OCc2ccc(Br)cc2)cs1. The summed E-state index contributed by atoms with van der Waals surface area (Å²) in [5, 5.41) is 6.20. The Bertz CT molecular complexity index is 941. The molecule has 1 amide bonds. The molecule has 1 heterocycles. The van der Waals surface area contributed by atoms with Gasteiger partial charge in [-0.2, -0.15) is 5.10 Å². The molecule has 1 aromatic heterocycles. The van der Waals surface area contributed by atoms with E-state index in [0.717, 1.165) is 15.6 Å². The Morgan fingerprint density at radius 2 is 2.04 bits per heavy atom. The molecule has 0 unspecified atom stereocenters. The van der Waals surface area contributed by atoms with E-state index in [1.54, 1.807) is 11.6 Å². The molecular weight excluding hydrogens is 428 g/mol. The molecule has 0 fully saturated rings. The van der Waals surface area contributed by atoms with Crippen molar-refractivity contribution in [1.29, 1.82) is 0 Å². The minimum atomic E-state index is -0.259. The normalized spacial score (nSPS) is 10.9. The number of hydrogen-bond donors (Lipinski definition) is 2. The second-order valence-corrected chi connectivity index (χ2v) is 7.41. The number of anilines is 1. The maximum atomic E-state index is 11.9. The van der Waals surface area contributed by atoms with Crippen LogP contribution < -0.4 is 15.9 Å². The molecule has 0 bridgehead atoms. The Morgan fingerprint density at radius 3 is 2.78 bits per heavy atom. The first-order valence-corrected chi connectivity index (χ1v) is 9.75. The predicted molar refractivity (Wildman–Crippen MR) is 111 cm³/mol. The largest absolute Gasteiger partial charge is 0.488 e. The molecule has 0 aliphatic rings. The predicted octanol–water partition coefficient (Wildman–Crippen LogP) is 3.76. The summed E-state index contributed by atoms with van der Waals surface area (Å²) in [6.45, 7) is 0.440. The zero-order chi connectivity index (χ0) is 19.1. The van der Waals surface area contributed by atoms with Gasteiger partial charge in [-0.25, -0.2) is 10.4 Å². The van der Waals surface area contributed by atoms with E-state index >= 15 is 0 Å². The van der Waals surface area contributed by atoms with Crippen LogP contribution in [0.5, 0.6) is 5.75 Å². The zero-order valence-corrected chi connectivity index (χ0v) is 16.7. The van der Waals surface area contributed by atoms with E-state index in [2.05, 4.69) is 31.4 Å². The van der Waals surface area contributed by atoms with Crippen molar-refractivity contribution in [3.63, 3.8) is 0 Å². The first-order valence-electron chi connectivity index (χ1n) is 8.08. The van der Waals surface area contributed by atoms with Crippen LogP contribution in [0.1, 0.15) is 16.8 Å². The van der Waals surface area contributed by atoms with Gasteiger partial charge >= 0.3 is 0 Å². The van der Waals surface area contributed by atoms with Crippen LogP contribution in [0.3, 0.4) is 0 Å². The maximum Gasteiger partial charge on any atom is 0.246 e. The standard InChI is InChI=1S/C19H17BrN4O2S/c20-15-7-5-13(6-8-15)11-26-17-4-2-1-3-14(17)10-22-24-18(25)9-16-12-27-19(21)23-16/h1-8,10,12H,9,11H2,(H2,21,23)(H,24,25)/b22-10+. The minimum Gasteiger partial charge on any atom is -0.488 e. The molecule has 0 aliphatic carbocycles. The molecule has 0 saturated carbocycles. The molecule has 3 N–H and O–H groups in total. The summed E-state index contributed by atoms with van der Waals surface area (Å²) in [5.41, 5.74) is 10.5. The maximum absolute atomic E-state index is 11.9. The summed E-state index contributed by atoms with van der Waals surface area (Å²) in [6, 6.07) is 15.4. The molecule has 3 aromatic rings. The molecule has 27 heavy (non-hydrogen) atoms. The lowest BCUT2D eigenvalue weighted by atomic mass is 10.2. The van der Waals surface area contributed by atoms with Crippen molar-refractivity contribution in [1.82, 2.24) is 10.4 Å². The van der Waals surface area contributed by atoms with Crippen molar-refractivity contribution < 1.29 is 9.53 Å². The van der Waals surface area contributed by atoms with Crippen LogP contribution in [-0.4, -0.2) is 17.1 Å². The van der Waals surface area contributed by atoms with Crippen molar-refractivity contribution in [2.75, 3.05) is 5.73 Å². The second kappa shape index (κ2) is 9.29. The van der Waals surface area contributed by atoms with Gasteiger partial charge in [-0.3, -0.25) is 4.79 Å². The number of para-hydroxylation sites is 1. The zero-order valence-electron chi connectivity index (χ0n) is 14.3. The van der Waals surface area contributed by atoms with Crippen molar-refractivity contribution in [3.8, 4) is 5.75 Å². The Kier molecular flexibility index (Phi) is 6.56. The Hall–Kier alpha value is -2.71. The van der Waals surface area contributed by atoms with Crippen LogP contribution in [0.4, 0.5) is 5.13 Å². The fourth-order valence-corrected chi connectivity index (χ4v) is 3.07. The first kappa shape index (κ1) is 19.1. The number of nitrogen functional groups attached to an aromatic ring is 1. The lowest BCUT2D eigenvalue weighted by molar-refractivity contribution is -0.120. The molecule has 3 rings (SSSR count). The Balaban J connectivity index is 1.57. The van der Waals surface area contributed by atoms with Crippen molar-refractivity contribution in [2.45, 2.75) is 13.0 Å². The summed E-state index contributed by atoms with van der Waals surface area (Å²) in [5.74, 6) is 0.426. The Labute approximate surface area is 169 Å². The third-order valence-corrected chi connectivity index (χ3v) is 4.78. The molecule has 0 saturated heterocycles. The highest BCUT2D eigenvalue weighted by Crippen LogP contribution is 2.18. The number of ether oxygens (including phenoxy) is 1. The number of hydrogen-bond acceptors (Lipinski definition) is 6. The number of rotatable bonds is 7. The molecule has 0 spiro atoms. The van der Waals surface area contributed by atoms with Gasteiger partial charge in [-0.1, -0.05) is 40.2 Å². The highest BCUT2D eigenvalue weighted by molar-refractivity contribution is 9.10. The number of aromatic nitrogens is 1. The van der Waals surface area contributed by atoms with Crippen LogP contribution >= 0.6 is 27.3 Å². The first-order chi connectivity index (χ1) is 13.1. The summed E-state index contributed by atoms with van der Waals surface area (Å²) in [6.07, 6.45) is 1.69. The molecule has 6 nitrogen and oxygen atoms in total. The van der Waals surface area contributed by atoms with Gasteiger partial charge in [0.05, 0.1) is 18.3 Å². The van der Waals surface area contributed by atoms with Crippen molar-refractivity contribution in [3.05, 3.63) is 75.2 Å². The summed E-state index contributed by atoms with van der Waals surface area (Å²) in [4.78, 5) is 15.9. The van der Waals surface area contributed by atoms with Crippen LogP contribution in [0, 0.1) is 0 Å². The highest BCUT2D eigenvalue weighted by Gasteiger charge is 2.06. The lowest BCUT2D eigenvalue weighted by Crippen LogP contribution is -2.20. The molecule has 0 atom stereocenters. The van der Waals surface area contributed by atoms with Gasteiger partial charge in [-0.15, -0.1) is 11.3 Å². The molecule has 0 aliphatic heterocycles. The van der Waals surface area contributed by atoms with Gasteiger partial charge < -0.3 is 10.5 Å². The van der Waals surface area contributed by atoms with Gasteiger partial charge in [-0.05, 0) is 29.8 Å². The lowest BCUT2D eigenvalue weighted by Gasteiger charge is -2.09. The number of carbonyl (C=O) groups excluding carboxylic acids is 1. The number of thiazole rings is 1. The molecule has 138 valence electrons. The molecule has 0 radical (unpaired) electrons. The van der Waals surface area contributed by atoms with Crippen molar-refractivity contribution in [2.24, 2.45) is 5.10 Å². The monoisotopic (exact) mass is 444 g/mol. The number of halogens is 1. The van der Waals surface area contributed by atoms with Gasteiger partial charge in [0.15, 0.2) is 5.13 Å². The topological polar surface area (TPSA) is 89.6 Å². The van der Waals surface area contributed by atoms with Gasteiger partial charge in [0, 0.05) is 15.4 Å². The van der Waals surface area contributed by atoms with E-state index in [9.17, 15) is 4.79 Å². The average molecular weight is 445 g/mol. The molecule has 8 heteroatoms. The van der Waals surface area contributed by atoms with E-state index in [-0.39, 0.29) is 12.3 Å². The quantitative estimate of drug-likeness (QED) is 0.428. The van der Waals surface area contributed by atoms with E-state index in [0.29, 0.717) is 23.2 Å². The van der Waals surface area contributed by atoms with Gasteiger partial charge in [0.25, 0.3) is 0 Å². The number of amides is 1. The number of nitrogens with two attached hydrogens (primary N) is 1. The van der Waals surface area contributed by atoms with E-state index < -0.39 is 0 Å². The Morgan fingerprint density at radius 1 is 1.26 bits per heavy atom. The number of nitrogens with zero attached hydrogens (tertiary/aromatic N) is 2. The van der Waals surface area contributed by atoms with E-state index in [1.165, 1.54) is 11.3 Å². The summed E-state index contributed by atoms with van der Waals surface area (Å²) >= 11 is 4.72. The number of nitrogens with one attached hydrogen (secondary N) is 1. The number of hydrazone groups is 1. The van der Waals surface area contributed by atoms with Crippen molar-refractivity contribution >= 4 is 44.5 Å². The van der Waals surface area contributed by atoms with Crippen LogP contribution in [-0.2, 0) is 17.8 Å². The second-order valence-electron chi connectivity index (χ2n) is 5.60. The smallest absolute Gasteiger partial charge is 0.246 e. The van der Waals surface area contributed by atoms with Gasteiger partial charge in [0.2, 0.25) is 5.91 Å². The summed E-state index contributed by atoms with van der Waals surface area (Å²) in [7, 11) is 0. The number of benzene rings is 2. The number of carbonyl (C=O) groups is 1. The third kappa shape index (κ3) is 5.90. The highest BCUT2D eigenvalue weighted by atomic mass is 79.9. The average Bonchev–Trinajstić information content (AvgIpc) is 3.07. The van der Waals surface area contributed by atoms with E-state index in [4.69, 9.17) is 10.5 Å². The molecule has 2 aromatic carbocycles. The van der Waals surface area contributed by atoms with Crippen LogP contribution in [0.25, 0.3) is 0 Å². The van der Waals surface area contributed by atoms with Crippen LogP contribution in [0.15, 0.2) is 63.5 Å². The third-order valence-electron chi connectivity index (χ3n) is 3.53. The molecular formula is C19H17BrN4O2S. The fourth-order valence-electron chi connectivity index (χ4n) is 2.24.